The summed E-state index contributed by atoms with van der Waals surface area (Å²) in [6.45, 7) is 0. The van der Waals surface area contributed by atoms with Crippen molar-refractivity contribution in [2.45, 2.75) is 12.8 Å². The van der Waals surface area contributed by atoms with Crippen LogP contribution in [0.5, 0.6) is 0 Å². The lowest BCUT2D eigenvalue weighted by Crippen LogP contribution is -2.16. The molecular weight excluding hydrogens is 401 g/mol. The summed E-state index contributed by atoms with van der Waals surface area (Å²) in [5.74, 6) is -1.99. The number of nitrogens with one attached hydrogen (secondary N) is 1. The highest BCUT2D eigenvalue weighted by molar-refractivity contribution is 7.17. The molecule has 28 heavy (non-hydrogen) atoms. The van der Waals surface area contributed by atoms with Crippen LogP contribution >= 0.6 is 22.9 Å². The molecule has 4 nitrogen and oxygen atoms in total. The van der Waals surface area contributed by atoms with Gasteiger partial charge in [-0.15, -0.1) is 11.3 Å². The van der Waals surface area contributed by atoms with Gasteiger partial charge in [-0.2, -0.15) is 0 Å². The van der Waals surface area contributed by atoms with Crippen molar-refractivity contribution < 1.29 is 18.7 Å². The molecule has 1 aliphatic carbocycles. The highest BCUT2D eigenvalue weighted by atomic mass is 35.5. The molecule has 1 heterocycles. The maximum atomic E-state index is 14.1. The quantitative estimate of drug-likeness (QED) is 0.587. The van der Waals surface area contributed by atoms with Gasteiger partial charge in [0.05, 0.1) is 17.7 Å². The fourth-order valence-corrected chi connectivity index (χ4v) is 4.88. The Morgan fingerprint density at radius 2 is 1.89 bits per heavy atom. The van der Waals surface area contributed by atoms with Gasteiger partial charge in [0.15, 0.2) is 0 Å². The molecule has 2 aromatic carbocycles. The van der Waals surface area contributed by atoms with Gasteiger partial charge in [-0.3, -0.25) is 4.79 Å². The number of hydrogen-bond donors (Lipinski definition) is 1. The zero-order valence-corrected chi connectivity index (χ0v) is 16.4. The van der Waals surface area contributed by atoms with E-state index in [0.29, 0.717) is 5.00 Å². The summed E-state index contributed by atoms with van der Waals surface area (Å²) in [5, 5.41) is 3.00. The number of esters is 1. The van der Waals surface area contributed by atoms with Crippen molar-refractivity contribution >= 4 is 39.8 Å². The molecular formula is C21H15ClFNO3S. The maximum Gasteiger partial charge on any atom is 0.341 e. The van der Waals surface area contributed by atoms with Crippen LogP contribution in [-0.4, -0.2) is 19.0 Å². The molecule has 1 aliphatic rings. The number of halogens is 2. The summed E-state index contributed by atoms with van der Waals surface area (Å²) in [7, 11) is 1.29. The molecule has 1 aromatic heterocycles. The van der Waals surface area contributed by atoms with E-state index < -0.39 is 17.7 Å². The number of carbonyl (C=O) groups excluding carboxylic acids is 2. The molecule has 142 valence electrons. The Hall–Kier alpha value is -2.70. The molecule has 3 aromatic rings. The van der Waals surface area contributed by atoms with Crippen molar-refractivity contribution in [3.05, 3.63) is 74.9 Å². The van der Waals surface area contributed by atoms with Crippen LogP contribution in [0.3, 0.4) is 0 Å². The normalized spacial score (nSPS) is 12.1. The summed E-state index contributed by atoms with van der Waals surface area (Å²) in [6.07, 6.45) is 1.59. The van der Waals surface area contributed by atoms with Crippen LogP contribution in [0.1, 0.15) is 31.2 Å². The van der Waals surface area contributed by atoms with E-state index in [4.69, 9.17) is 16.3 Å². The van der Waals surface area contributed by atoms with Gasteiger partial charge in [-0.25, -0.2) is 9.18 Å². The standard InChI is InChI=1S/C21H15ClFNO3S/c1-27-21(26)18-16-12-6-3-2-5-11(12)9-10-15(16)28-20(18)24-19(25)17-13(22)7-4-8-14(17)23/h2-8H,9-10H2,1H3,(H,24,25). The number of thiophene rings is 1. The molecule has 0 fully saturated rings. The van der Waals surface area contributed by atoms with Crippen LogP contribution in [-0.2, 0) is 17.6 Å². The van der Waals surface area contributed by atoms with Crippen molar-refractivity contribution in [3.8, 4) is 11.1 Å². The molecule has 0 spiro atoms. The smallest absolute Gasteiger partial charge is 0.341 e. The average molecular weight is 416 g/mol. The van der Waals surface area contributed by atoms with Gasteiger partial charge >= 0.3 is 5.97 Å². The van der Waals surface area contributed by atoms with Crippen LogP contribution in [0.25, 0.3) is 11.1 Å². The predicted molar refractivity (Wildman–Crippen MR) is 108 cm³/mol. The molecule has 0 atom stereocenters. The number of hydrogen-bond acceptors (Lipinski definition) is 4. The Labute approximate surface area is 169 Å². The SMILES string of the molecule is COC(=O)c1c(NC(=O)c2c(F)cccc2Cl)sc2c1-c1ccccc1CC2. The van der Waals surface area contributed by atoms with Crippen molar-refractivity contribution in [3.63, 3.8) is 0 Å². The third kappa shape index (κ3) is 3.08. The molecule has 0 saturated carbocycles. The number of aryl methyl sites for hydroxylation is 2. The lowest BCUT2D eigenvalue weighted by molar-refractivity contribution is 0.0603. The van der Waals surface area contributed by atoms with E-state index in [2.05, 4.69) is 5.32 Å². The largest absolute Gasteiger partial charge is 0.465 e. The number of rotatable bonds is 3. The van der Waals surface area contributed by atoms with E-state index >= 15 is 0 Å². The van der Waals surface area contributed by atoms with Gasteiger partial charge in [-0.05, 0) is 36.1 Å². The second-order valence-electron chi connectivity index (χ2n) is 6.30. The van der Waals surface area contributed by atoms with Gasteiger partial charge in [0, 0.05) is 10.4 Å². The van der Waals surface area contributed by atoms with Gasteiger partial charge in [0.25, 0.3) is 5.91 Å². The predicted octanol–water partition coefficient (Wildman–Crippen LogP) is 5.35. The van der Waals surface area contributed by atoms with E-state index in [0.717, 1.165) is 40.5 Å². The Balaban J connectivity index is 1.82. The number of fused-ring (bicyclic) bond motifs is 3. The second-order valence-corrected chi connectivity index (χ2v) is 7.82. The number of anilines is 1. The zero-order chi connectivity index (χ0) is 19.8. The Bertz CT molecular complexity index is 1090. The van der Waals surface area contributed by atoms with Gasteiger partial charge < -0.3 is 10.1 Å². The fourth-order valence-electron chi connectivity index (χ4n) is 3.43. The van der Waals surface area contributed by atoms with E-state index in [1.54, 1.807) is 0 Å². The van der Waals surface area contributed by atoms with Gasteiger partial charge in [-0.1, -0.05) is 41.9 Å². The van der Waals surface area contributed by atoms with Crippen LogP contribution < -0.4 is 5.32 Å². The Morgan fingerprint density at radius 3 is 2.64 bits per heavy atom. The van der Waals surface area contributed by atoms with E-state index in [1.165, 1.54) is 30.6 Å². The van der Waals surface area contributed by atoms with E-state index in [-0.39, 0.29) is 16.1 Å². The molecule has 4 rings (SSSR count). The maximum absolute atomic E-state index is 14.1. The van der Waals surface area contributed by atoms with E-state index in [1.807, 2.05) is 24.3 Å². The molecule has 0 aliphatic heterocycles. The summed E-state index contributed by atoms with van der Waals surface area (Å²) < 4.78 is 19.1. The summed E-state index contributed by atoms with van der Waals surface area (Å²) >= 11 is 7.30. The minimum Gasteiger partial charge on any atom is -0.465 e. The van der Waals surface area contributed by atoms with Crippen molar-refractivity contribution in [2.75, 3.05) is 12.4 Å². The molecule has 1 N–H and O–H groups in total. The van der Waals surface area contributed by atoms with Crippen LogP contribution in [0.4, 0.5) is 9.39 Å². The molecule has 0 bridgehead atoms. The Kier molecular flexibility index (Phi) is 4.91. The van der Waals surface area contributed by atoms with Gasteiger partial charge in [0.1, 0.15) is 16.4 Å². The third-order valence-electron chi connectivity index (χ3n) is 4.70. The average Bonchev–Trinajstić information content (AvgIpc) is 3.05. The van der Waals surface area contributed by atoms with Crippen molar-refractivity contribution in [2.24, 2.45) is 0 Å². The second kappa shape index (κ2) is 7.37. The minimum atomic E-state index is -0.726. The molecule has 7 heteroatoms. The van der Waals surface area contributed by atoms with Crippen molar-refractivity contribution in [1.82, 2.24) is 0 Å². The summed E-state index contributed by atoms with van der Waals surface area (Å²) in [5.41, 5.74) is 2.88. The first-order valence-corrected chi connectivity index (χ1v) is 9.78. The molecule has 1 amide bonds. The number of amides is 1. The molecule has 0 unspecified atom stereocenters. The first-order chi connectivity index (χ1) is 13.5. The fraction of sp³-hybridized carbons (Fsp3) is 0.143. The zero-order valence-electron chi connectivity index (χ0n) is 14.8. The minimum absolute atomic E-state index is 0.00350. The third-order valence-corrected chi connectivity index (χ3v) is 6.18. The summed E-state index contributed by atoms with van der Waals surface area (Å²) in [6, 6.07) is 11.9. The number of methoxy groups -OCH3 is 1. The lowest BCUT2D eigenvalue weighted by atomic mass is 9.88. The van der Waals surface area contributed by atoms with Crippen LogP contribution in [0.15, 0.2) is 42.5 Å². The Morgan fingerprint density at radius 1 is 1.11 bits per heavy atom. The number of ether oxygens (including phenoxy) is 1. The summed E-state index contributed by atoms with van der Waals surface area (Å²) in [4.78, 5) is 26.2. The van der Waals surface area contributed by atoms with Gasteiger partial charge in [0.2, 0.25) is 0 Å². The first kappa shape index (κ1) is 18.7. The lowest BCUT2D eigenvalue weighted by Gasteiger charge is -2.17. The van der Waals surface area contributed by atoms with Crippen molar-refractivity contribution in [1.29, 1.82) is 0 Å². The number of benzene rings is 2. The molecule has 0 radical (unpaired) electrons. The molecule has 0 saturated heterocycles. The van der Waals surface area contributed by atoms with E-state index in [9.17, 15) is 14.0 Å². The van der Waals surface area contributed by atoms with Crippen LogP contribution in [0.2, 0.25) is 5.02 Å². The first-order valence-electron chi connectivity index (χ1n) is 8.59. The number of carbonyl (C=O) groups is 2. The highest BCUT2D eigenvalue weighted by Crippen LogP contribution is 2.45. The highest BCUT2D eigenvalue weighted by Gasteiger charge is 2.30. The monoisotopic (exact) mass is 415 g/mol. The topological polar surface area (TPSA) is 55.4 Å². The van der Waals surface area contributed by atoms with Crippen LogP contribution in [0, 0.1) is 5.82 Å².